The smallest absolute Gasteiger partial charge is 0.282 e. The molecule has 1 aliphatic heterocycles. The normalized spacial score (nSPS) is 18.6. The third kappa shape index (κ3) is 3.95. The van der Waals surface area contributed by atoms with E-state index in [2.05, 4.69) is 5.32 Å². The molecule has 4 heteroatoms. The summed E-state index contributed by atoms with van der Waals surface area (Å²) in [5.74, 6) is 0.0602. The van der Waals surface area contributed by atoms with Crippen LogP contribution in [0, 0.1) is 0 Å². The van der Waals surface area contributed by atoms with Crippen LogP contribution in [-0.2, 0) is 4.79 Å². The standard InChI is InChI=1S/C15H21ClN2O/c1-12(18-10-6-2-3-7-11-18)15(19)17-14-9-5-4-8-13(14)16/h4-5,8-9,12H,2-3,6-7,10-11H2,1H3,(H,17,19)/p+1/t12-/m1/s1. The van der Waals surface area contributed by atoms with Gasteiger partial charge in [-0.05, 0) is 44.7 Å². The summed E-state index contributed by atoms with van der Waals surface area (Å²) in [5.41, 5.74) is 0.704. The van der Waals surface area contributed by atoms with Gasteiger partial charge in [-0.1, -0.05) is 23.7 Å². The average Bonchev–Trinajstić information content (AvgIpc) is 2.69. The summed E-state index contributed by atoms with van der Waals surface area (Å²) >= 11 is 6.06. The highest BCUT2D eigenvalue weighted by atomic mass is 35.5. The van der Waals surface area contributed by atoms with Gasteiger partial charge in [-0.2, -0.15) is 0 Å². The fraction of sp³-hybridized carbons (Fsp3) is 0.533. The molecule has 0 bridgehead atoms. The van der Waals surface area contributed by atoms with Crippen molar-refractivity contribution in [1.29, 1.82) is 0 Å². The lowest BCUT2D eigenvalue weighted by molar-refractivity contribution is -0.913. The Kier molecular flexibility index (Phi) is 5.23. The first-order valence-electron chi connectivity index (χ1n) is 7.08. The Morgan fingerprint density at radius 2 is 1.84 bits per heavy atom. The molecule has 19 heavy (non-hydrogen) atoms. The maximum absolute atomic E-state index is 12.3. The number of rotatable bonds is 3. The number of hydrogen-bond donors (Lipinski definition) is 2. The van der Waals surface area contributed by atoms with E-state index in [1.165, 1.54) is 30.6 Å². The van der Waals surface area contributed by atoms with Crippen LogP contribution in [0.5, 0.6) is 0 Å². The van der Waals surface area contributed by atoms with Gasteiger partial charge in [0.15, 0.2) is 6.04 Å². The molecule has 1 fully saturated rings. The van der Waals surface area contributed by atoms with Crippen molar-refractivity contribution in [3.8, 4) is 0 Å². The van der Waals surface area contributed by atoms with E-state index in [0.29, 0.717) is 10.7 Å². The monoisotopic (exact) mass is 281 g/mol. The minimum absolute atomic E-state index is 0.0191. The first kappa shape index (κ1) is 14.4. The van der Waals surface area contributed by atoms with E-state index in [-0.39, 0.29) is 11.9 Å². The molecule has 1 aromatic carbocycles. The van der Waals surface area contributed by atoms with Crippen molar-refractivity contribution in [1.82, 2.24) is 0 Å². The van der Waals surface area contributed by atoms with Crippen LogP contribution >= 0.6 is 11.6 Å². The van der Waals surface area contributed by atoms with Gasteiger partial charge in [0, 0.05) is 0 Å². The molecule has 0 aliphatic carbocycles. The lowest BCUT2D eigenvalue weighted by Gasteiger charge is -2.23. The minimum atomic E-state index is -0.0191. The second-order valence-electron chi connectivity index (χ2n) is 5.26. The van der Waals surface area contributed by atoms with Crippen molar-refractivity contribution in [2.75, 3.05) is 18.4 Å². The third-order valence-electron chi connectivity index (χ3n) is 3.88. The molecule has 1 heterocycles. The van der Waals surface area contributed by atoms with Crippen LogP contribution < -0.4 is 10.2 Å². The summed E-state index contributed by atoms with van der Waals surface area (Å²) in [6, 6.07) is 7.35. The molecule has 0 saturated carbocycles. The molecule has 2 rings (SSSR count). The van der Waals surface area contributed by atoms with Gasteiger partial charge in [0.25, 0.3) is 5.91 Å². The molecule has 0 aromatic heterocycles. The van der Waals surface area contributed by atoms with Gasteiger partial charge in [0.2, 0.25) is 0 Å². The van der Waals surface area contributed by atoms with Crippen LogP contribution in [0.1, 0.15) is 32.6 Å². The van der Waals surface area contributed by atoms with Crippen LogP contribution in [0.3, 0.4) is 0 Å². The van der Waals surface area contributed by atoms with E-state index in [9.17, 15) is 4.79 Å². The van der Waals surface area contributed by atoms with E-state index in [1.807, 2.05) is 25.1 Å². The van der Waals surface area contributed by atoms with Crippen molar-refractivity contribution in [2.24, 2.45) is 0 Å². The summed E-state index contributed by atoms with van der Waals surface area (Å²) < 4.78 is 0. The zero-order valence-electron chi connectivity index (χ0n) is 11.4. The Hall–Kier alpha value is -1.06. The second kappa shape index (κ2) is 6.92. The Morgan fingerprint density at radius 3 is 2.47 bits per heavy atom. The number of carbonyl (C=O) groups excluding carboxylic acids is 1. The van der Waals surface area contributed by atoms with E-state index < -0.39 is 0 Å². The fourth-order valence-corrected chi connectivity index (χ4v) is 2.79. The van der Waals surface area contributed by atoms with Crippen LogP contribution in [-0.4, -0.2) is 25.0 Å². The molecule has 1 atom stereocenters. The summed E-state index contributed by atoms with van der Waals surface area (Å²) in [5, 5.41) is 3.53. The third-order valence-corrected chi connectivity index (χ3v) is 4.21. The van der Waals surface area contributed by atoms with E-state index in [1.54, 1.807) is 6.07 Å². The Labute approximate surface area is 119 Å². The molecule has 1 amide bonds. The number of anilines is 1. The quantitative estimate of drug-likeness (QED) is 0.874. The highest BCUT2D eigenvalue weighted by molar-refractivity contribution is 6.33. The maximum atomic E-state index is 12.3. The van der Waals surface area contributed by atoms with E-state index in [4.69, 9.17) is 11.6 Å². The van der Waals surface area contributed by atoms with Gasteiger partial charge >= 0.3 is 0 Å². The van der Waals surface area contributed by atoms with Gasteiger partial charge < -0.3 is 10.2 Å². The molecule has 0 spiro atoms. The molecule has 0 radical (unpaired) electrons. The Bertz CT molecular complexity index is 428. The summed E-state index contributed by atoms with van der Waals surface area (Å²) in [4.78, 5) is 13.7. The Morgan fingerprint density at radius 1 is 1.21 bits per heavy atom. The second-order valence-corrected chi connectivity index (χ2v) is 5.67. The highest BCUT2D eigenvalue weighted by Crippen LogP contribution is 2.20. The van der Waals surface area contributed by atoms with Gasteiger partial charge in [-0.3, -0.25) is 4.79 Å². The molecule has 1 aliphatic rings. The predicted molar refractivity (Wildman–Crippen MR) is 78.7 cm³/mol. The van der Waals surface area contributed by atoms with Gasteiger partial charge in [-0.25, -0.2) is 0 Å². The lowest BCUT2D eigenvalue weighted by Crippen LogP contribution is -3.16. The minimum Gasteiger partial charge on any atom is -0.325 e. The number of amides is 1. The zero-order valence-corrected chi connectivity index (χ0v) is 12.2. The number of carbonyl (C=O) groups is 1. The summed E-state index contributed by atoms with van der Waals surface area (Å²) in [6.07, 6.45) is 5.03. The van der Waals surface area contributed by atoms with E-state index in [0.717, 1.165) is 13.1 Å². The molecule has 1 aromatic rings. The van der Waals surface area contributed by atoms with Crippen molar-refractivity contribution < 1.29 is 9.69 Å². The van der Waals surface area contributed by atoms with Crippen LogP contribution in [0.2, 0.25) is 5.02 Å². The first-order chi connectivity index (χ1) is 9.18. The lowest BCUT2D eigenvalue weighted by atomic mass is 10.2. The molecular weight excluding hydrogens is 260 g/mol. The van der Waals surface area contributed by atoms with E-state index >= 15 is 0 Å². The Balaban J connectivity index is 1.97. The highest BCUT2D eigenvalue weighted by Gasteiger charge is 2.26. The molecule has 0 unspecified atom stereocenters. The molecule has 3 nitrogen and oxygen atoms in total. The van der Waals surface area contributed by atoms with Crippen molar-refractivity contribution >= 4 is 23.2 Å². The zero-order chi connectivity index (χ0) is 13.7. The van der Waals surface area contributed by atoms with Crippen molar-refractivity contribution in [3.63, 3.8) is 0 Å². The van der Waals surface area contributed by atoms with Crippen LogP contribution in [0.25, 0.3) is 0 Å². The molecule has 104 valence electrons. The van der Waals surface area contributed by atoms with Gasteiger partial charge in [0.05, 0.1) is 23.8 Å². The van der Waals surface area contributed by atoms with Gasteiger partial charge in [0.1, 0.15) is 0 Å². The van der Waals surface area contributed by atoms with Crippen molar-refractivity contribution in [2.45, 2.75) is 38.6 Å². The number of likely N-dealkylation sites (tertiary alicyclic amines) is 1. The first-order valence-corrected chi connectivity index (χ1v) is 7.46. The van der Waals surface area contributed by atoms with Crippen LogP contribution in [0.15, 0.2) is 24.3 Å². The number of hydrogen-bond acceptors (Lipinski definition) is 1. The summed E-state index contributed by atoms with van der Waals surface area (Å²) in [6.45, 7) is 4.20. The SMILES string of the molecule is C[C@H](C(=O)Nc1ccccc1Cl)[NH+]1CCCCCC1. The number of nitrogens with one attached hydrogen (secondary N) is 2. The molecule has 2 N–H and O–H groups in total. The molecule has 1 saturated heterocycles. The number of halogens is 1. The number of para-hydroxylation sites is 1. The van der Waals surface area contributed by atoms with Gasteiger partial charge in [-0.15, -0.1) is 0 Å². The largest absolute Gasteiger partial charge is 0.325 e. The average molecular weight is 282 g/mol. The maximum Gasteiger partial charge on any atom is 0.282 e. The number of benzene rings is 1. The fourth-order valence-electron chi connectivity index (χ4n) is 2.60. The summed E-state index contributed by atoms with van der Waals surface area (Å²) in [7, 11) is 0. The molecular formula is C15H22ClN2O+. The predicted octanol–water partition coefficient (Wildman–Crippen LogP) is 2.13. The number of quaternary nitrogens is 1. The van der Waals surface area contributed by atoms with Crippen molar-refractivity contribution in [3.05, 3.63) is 29.3 Å². The topological polar surface area (TPSA) is 33.5 Å². The van der Waals surface area contributed by atoms with Crippen LogP contribution in [0.4, 0.5) is 5.69 Å².